The molecule has 0 fully saturated rings. The van der Waals surface area contributed by atoms with Gasteiger partial charge in [-0.15, -0.1) is 11.3 Å². The van der Waals surface area contributed by atoms with Gasteiger partial charge in [0.05, 0.1) is 21.8 Å². The average Bonchev–Trinajstić information content (AvgIpc) is 2.92. The van der Waals surface area contributed by atoms with Crippen LogP contribution >= 0.6 is 22.9 Å². The zero-order chi connectivity index (χ0) is 13.1. The second-order valence-corrected chi connectivity index (χ2v) is 6.08. The van der Waals surface area contributed by atoms with E-state index < -0.39 is 0 Å². The van der Waals surface area contributed by atoms with Gasteiger partial charge in [0.25, 0.3) is 0 Å². The van der Waals surface area contributed by atoms with E-state index in [1.165, 1.54) is 10.6 Å². The minimum atomic E-state index is 0.279. The molecule has 2 aromatic heterocycles. The van der Waals surface area contributed by atoms with Crippen molar-refractivity contribution >= 4 is 22.9 Å². The second-order valence-electron chi connectivity index (χ2n) is 4.28. The number of rotatable bonds is 5. The molecule has 0 aromatic carbocycles. The fourth-order valence-electron chi connectivity index (χ4n) is 2.12. The summed E-state index contributed by atoms with van der Waals surface area (Å²) in [6.07, 6.45) is 0.943. The molecule has 0 bridgehead atoms. The Kier molecular flexibility index (Phi) is 4.43. The van der Waals surface area contributed by atoms with E-state index in [9.17, 15) is 0 Å². The van der Waals surface area contributed by atoms with Crippen LogP contribution in [0.2, 0.25) is 4.34 Å². The molecule has 1 N–H and O–H groups in total. The molecule has 98 valence electrons. The van der Waals surface area contributed by atoms with E-state index in [0.29, 0.717) is 0 Å². The van der Waals surface area contributed by atoms with Gasteiger partial charge >= 0.3 is 0 Å². The van der Waals surface area contributed by atoms with Gasteiger partial charge in [-0.2, -0.15) is 5.10 Å². The maximum absolute atomic E-state index is 5.98. The summed E-state index contributed by atoms with van der Waals surface area (Å²) in [5.41, 5.74) is 2.30. The van der Waals surface area contributed by atoms with Crippen LogP contribution in [-0.2, 0) is 13.0 Å². The van der Waals surface area contributed by atoms with Gasteiger partial charge in [-0.05, 0) is 39.1 Å². The highest BCUT2D eigenvalue weighted by molar-refractivity contribution is 7.16. The van der Waals surface area contributed by atoms with Crippen molar-refractivity contribution < 1.29 is 0 Å². The summed E-state index contributed by atoms with van der Waals surface area (Å²) in [6.45, 7) is 5.04. The molecular formula is C13H18ClN3S. The Morgan fingerprint density at radius 2 is 2.28 bits per heavy atom. The molecule has 18 heavy (non-hydrogen) atoms. The lowest BCUT2D eigenvalue weighted by atomic mass is 10.1. The number of likely N-dealkylation sites (N-methyl/N-ethyl adjacent to an activating group) is 1. The summed E-state index contributed by atoms with van der Waals surface area (Å²) >= 11 is 7.62. The Bertz CT molecular complexity index is 518. The average molecular weight is 284 g/mol. The molecule has 0 saturated carbocycles. The molecule has 0 aliphatic carbocycles. The van der Waals surface area contributed by atoms with Crippen molar-refractivity contribution in [2.45, 2.75) is 32.9 Å². The van der Waals surface area contributed by atoms with Gasteiger partial charge in [-0.25, -0.2) is 0 Å². The van der Waals surface area contributed by atoms with Gasteiger partial charge in [0.1, 0.15) is 0 Å². The van der Waals surface area contributed by atoms with Gasteiger partial charge in [-0.3, -0.25) is 4.68 Å². The number of halogens is 1. The quantitative estimate of drug-likeness (QED) is 0.911. The molecule has 1 unspecified atom stereocenters. The molecular weight excluding hydrogens is 266 g/mol. The third kappa shape index (κ3) is 2.94. The lowest BCUT2D eigenvalue weighted by Crippen LogP contribution is -2.22. The summed E-state index contributed by atoms with van der Waals surface area (Å²) < 4.78 is 2.91. The smallest absolute Gasteiger partial charge is 0.0931 e. The third-order valence-corrected chi connectivity index (χ3v) is 4.23. The molecule has 5 heteroatoms. The monoisotopic (exact) mass is 283 g/mol. The Balaban J connectivity index is 2.22. The van der Waals surface area contributed by atoms with E-state index >= 15 is 0 Å². The van der Waals surface area contributed by atoms with Gasteiger partial charge in [0.15, 0.2) is 0 Å². The van der Waals surface area contributed by atoms with Crippen molar-refractivity contribution in [1.29, 1.82) is 0 Å². The molecule has 0 spiro atoms. The number of aryl methyl sites for hydroxylation is 2. The Labute approximate surface area is 117 Å². The van der Waals surface area contributed by atoms with Crippen molar-refractivity contribution in [2.24, 2.45) is 0 Å². The van der Waals surface area contributed by atoms with Crippen LogP contribution in [0.3, 0.4) is 0 Å². The predicted molar refractivity (Wildman–Crippen MR) is 77.5 cm³/mol. The maximum atomic E-state index is 5.98. The van der Waals surface area contributed by atoms with Crippen molar-refractivity contribution in [2.75, 3.05) is 7.05 Å². The SMILES string of the molecule is CCn1nc(C)cc1C(Cc1ccc(Cl)s1)NC. The van der Waals surface area contributed by atoms with Crippen LogP contribution in [0, 0.1) is 6.92 Å². The number of hydrogen-bond acceptors (Lipinski definition) is 3. The highest BCUT2D eigenvalue weighted by Gasteiger charge is 2.16. The molecule has 0 saturated heterocycles. The first kappa shape index (κ1) is 13.6. The van der Waals surface area contributed by atoms with Crippen LogP contribution < -0.4 is 5.32 Å². The summed E-state index contributed by atoms with van der Waals surface area (Å²) in [4.78, 5) is 1.29. The number of nitrogens with one attached hydrogen (secondary N) is 1. The molecule has 2 aromatic rings. The topological polar surface area (TPSA) is 29.9 Å². The molecule has 1 atom stereocenters. The van der Waals surface area contributed by atoms with E-state index in [1.807, 2.05) is 20.0 Å². The summed E-state index contributed by atoms with van der Waals surface area (Å²) in [5, 5.41) is 7.87. The van der Waals surface area contributed by atoms with Crippen LogP contribution in [-0.4, -0.2) is 16.8 Å². The van der Waals surface area contributed by atoms with Crippen molar-refractivity contribution in [3.05, 3.63) is 38.8 Å². The van der Waals surface area contributed by atoms with Crippen LogP contribution in [0.25, 0.3) is 0 Å². The van der Waals surface area contributed by atoms with E-state index in [0.717, 1.165) is 23.0 Å². The zero-order valence-electron chi connectivity index (χ0n) is 10.9. The fourth-order valence-corrected chi connectivity index (χ4v) is 3.25. The zero-order valence-corrected chi connectivity index (χ0v) is 12.5. The van der Waals surface area contributed by atoms with Crippen LogP contribution in [0.5, 0.6) is 0 Å². The number of thiophene rings is 1. The van der Waals surface area contributed by atoms with Crippen molar-refractivity contribution in [1.82, 2.24) is 15.1 Å². The predicted octanol–water partition coefficient (Wildman–Crippen LogP) is 3.43. The summed E-state index contributed by atoms with van der Waals surface area (Å²) in [6, 6.07) is 6.48. The van der Waals surface area contributed by atoms with Crippen LogP contribution in [0.4, 0.5) is 0 Å². The highest BCUT2D eigenvalue weighted by Crippen LogP contribution is 2.26. The fraction of sp³-hybridized carbons (Fsp3) is 0.462. The number of hydrogen-bond donors (Lipinski definition) is 1. The lowest BCUT2D eigenvalue weighted by molar-refractivity contribution is 0.515. The normalized spacial score (nSPS) is 12.9. The molecule has 0 aliphatic rings. The van der Waals surface area contributed by atoms with Crippen LogP contribution in [0.15, 0.2) is 18.2 Å². The first-order valence-corrected chi connectivity index (χ1v) is 7.29. The molecule has 0 radical (unpaired) electrons. The Hall–Kier alpha value is -0.840. The van der Waals surface area contributed by atoms with Gasteiger partial charge in [0, 0.05) is 17.8 Å². The minimum absolute atomic E-state index is 0.279. The molecule has 3 nitrogen and oxygen atoms in total. The highest BCUT2D eigenvalue weighted by atomic mass is 35.5. The maximum Gasteiger partial charge on any atom is 0.0931 e. The van der Waals surface area contributed by atoms with E-state index in [2.05, 4.69) is 34.2 Å². The summed E-state index contributed by atoms with van der Waals surface area (Å²) in [5.74, 6) is 0. The van der Waals surface area contributed by atoms with E-state index in [-0.39, 0.29) is 6.04 Å². The largest absolute Gasteiger partial charge is 0.311 e. The second kappa shape index (κ2) is 5.87. The Morgan fingerprint density at radius 1 is 1.50 bits per heavy atom. The van der Waals surface area contributed by atoms with Crippen LogP contribution in [0.1, 0.15) is 29.2 Å². The van der Waals surface area contributed by atoms with E-state index in [4.69, 9.17) is 11.6 Å². The molecule has 2 heterocycles. The number of aromatic nitrogens is 2. The Morgan fingerprint density at radius 3 is 2.83 bits per heavy atom. The molecule has 0 aliphatic heterocycles. The minimum Gasteiger partial charge on any atom is -0.311 e. The molecule has 2 rings (SSSR count). The van der Waals surface area contributed by atoms with Gasteiger partial charge in [-0.1, -0.05) is 11.6 Å². The molecule has 0 amide bonds. The van der Waals surface area contributed by atoms with Gasteiger partial charge in [0.2, 0.25) is 0 Å². The first-order valence-electron chi connectivity index (χ1n) is 6.09. The standard InChI is InChI=1S/C13H18ClN3S/c1-4-17-12(7-9(2)16-17)11(15-3)8-10-5-6-13(14)18-10/h5-7,11,15H,4,8H2,1-3H3. The lowest BCUT2D eigenvalue weighted by Gasteiger charge is -2.16. The summed E-state index contributed by atoms with van der Waals surface area (Å²) in [7, 11) is 1.99. The van der Waals surface area contributed by atoms with Crippen molar-refractivity contribution in [3.63, 3.8) is 0 Å². The third-order valence-electron chi connectivity index (χ3n) is 2.97. The van der Waals surface area contributed by atoms with Gasteiger partial charge < -0.3 is 5.32 Å². The van der Waals surface area contributed by atoms with E-state index in [1.54, 1.807) is 11.3 Å². The van der Waals surface area contributed by atoms with Crippen molar-refractivity contribution in [3.8, 4) is 0 Å². The number of nitrogens with zero attached hydrogens (tertiary/aromatic N) is 2. The first-order chi connectivity index (χ1) is 8.63.